The van der Waals surface area contributed by atoms with Crippen LogP contribution in [0.25, 0.3) is 0 Å². The first-order valence-corrected chi connectivity index (χ1v) is 9.79. The molecule has 0 spiro atoms. The van der Waals surface area contributed by atoms with Crippen LogP contribution < -0.4 is 17.2 Å². The highest BCUT2D eigenvalue weighted by molar-refractivity contribution is 5.42. The minimum absolute atomic E-state index is 0.617. The number of nitrogens with zero attached hydrogens (tertiary/aromatic N) is 3. The van der Waals surface area contributed by atoms with Crippen molar-refractivity contribution in [2.24, 2.45) is 0 Å². The first-order chi connectivity index (χ1) is 14.5. The van der Waals surface area contributed by atoms with E-state index in [-0.39, 0.29) is 0 Å². The van der Waals surface area contributed by atoms with Gasteiger partial charge in [-0.25, -0.2) is 15.0 Å². The van der Waals surface area contributed by atoms with Crippen LogP contribution in [0.3, 0.4) is 0 Å². The Bertz CT molecular complexity index is 961. The van der Waals surface area contributed by atoms with Gasteiger partial charge in [0.25, 0.3) is 0 Å². The van der Waals surface area contributed by atoms with Crippen LogP contribution >= 0.6 is 0 Å². The van der Waals surface area contributed by atoms with Gasteiger partial charge in [-0.05, 0) is 53.1 Å². The van der Waals surface area contributed by atoms with E-state index in [1.165, 1.54) is 0 Å². The average Bonchev–Trinajstić information content (AvgIpc) is 2.73. The average molecular weight is 396 g/mol. The van der Waals surface area contributed by atoms with Crippen LogP contribution in [0.15, 0.2) is 72.8 Å². The summed E-state index contributed by atoms with van der Waals surface area (Å²) in [6.07, 6.45) is 1.85. The largest absolute Gasteiger partial charge is 0.399 e. The molecule has 1 aromatic heterocycles. The predicted octanol–water partition coefficient (Wildman–Crippen LogP) is 3.39. The Morgan fingerprint density at radius 2 is 0.633 bits per heavy atom. The number of benzene rings is 3. The molecule has 0 saturated carbocycles. The molecule has 6 N–H and O–H groups in total. The molecule has 0 unspecified atom stereocenters. The summed E-state index contributed by atoms with van der Waals surface area (Å²) < 4.78 is 0. The Kier molecular flexibility index (Phi) is 5.57. The van der Waals surface area contributed by atoms with E-state index in [0.29, 0.717) is 19.3 Å². The molecular formula is C24H24N6. The van der Waals surface area contributed by atoms with Crippen LogP contribution in [0.4, 0.5) is 17.1 Å². The Morgan fingerprint density at radius 3 is 0.867 bits per heavy atom. The van der Waals surface area contributed by atoms with Gasteiger partial charge < -0.3 is 17.2 Å². The maximum absolute atomic E-state index is 5.80. The fraction of sp³-hybridized carbons (Fsp3) is 0.125. The highest BCUT2D eigenvalue weighted by atomic mass is 15.0. The smallest absolute Gasteiger partial charge is 0.137 e. The number of nitrogen functional groups attached to an aromatic ring is 3. The summed E-state index contributed by atoms with van der Waals surface area (Å²) >= 11 is 0. The topological polar surface area (TPSA) is 117 Å². The Balaban J connectivity index is 1.64. The van der Waals surface area contributed by atoms with Gasteiger partial charge in [0.2, 0.25) is 0 Å². The molecule has 0 radical (unpaired) electrons. The Morgan fingerprint density at radius 1 is 0.400 bits per heavy atom. The standard InChI is InChI=1S/C24H24N6/c25-19-7-1-16(2-8-19)13-22-28-23(14-17-3-9-20(26)10-4-17)30-24(29-22)15-18-5-11-21(27)12-6-18/h1-12H,13-15,25-27H2. The van der Waals surface area contributed by atoms with E-state index in [2.05, 4.69) is 0 Å². The molecule has 1 heterocycles. The highest BCUT2D eigenvalue weighted by Crippen LogP contribution is 2.15. The van der Waals surface area contributed by atoms with Crippen molar-refractivity contribution in [2.75, 3.05) is 17.2 Å². The zero-order valence-corrected chi connectivity index (χ0v) is 16.6. The molecule has 0 aliphatic carbocycles. The van der Waals surface area contributed by atoms with Crippen LogP contribution in [-0.4, -0.2) is 15.0 Å². The fourth-order valence-electron chi connectivity index (χ4n) is 3.21. The molecule has 150 valence electrons. The SMILES string of the molecule is Nc1ccc(Cc2nc(Cc3ccc(N)cc3)nc(Cc3ccc(N)cc3)n2)cc1. The van der Waals surface area contributed by atoms with Crippen LogP contribution in [0.1, 0.15) is 34.2 Å². The fourth-order valence-corrected chi connectivity index (χ4v) is 3.21. The second-order valence-electron chi connectivity index (χ2n) is 7.34. The molecule has 0 fully saturated rings. The lowest BCUT2D eigenvalue weighted by Gasteiger charge is -2.09. The predicted molar refractivity (Wildman–Crippen MR) is 121 cm³/mol. The van der Waals surface area contributed by atoms with Crippen molar-refractivity contribution in [3.8, 4) is 0 Å². The van der Waals surface area contributed by atoms with Crippen molar-refractivity contribution in [3.63, 3.8) is 0 Å². The monoisotopic (exact) mass is 396 g/mol. The number of hydrogen-bond acceptors (Lipinski definition) is 6. The van der Waals surface area contributed by atoms with Gasteiger partial charge in [0, 0.05) is 36.3 Å². The lowest BCUT2D eigenvalue weighted by Crippen LogP contribution is -2.10. The third-order valence-corrected chi connectivity index (χ3v) is 4.80. The molecule has 6 nitrogen and oxygen atoms in total. The molecular weight excluding hydrogens is 372 g/mol. The molecule has 0 aliphatic rings. The molecule has 0 saturated heterocycles. The van der Waals surface area contributed by atoms with Crippen molar-refractivity contribution in [1.82, 2.24) is 15.0 Å². The number of hydrogen-bond donors (Lipinski definition) is 3. The second-order valence-corrected chi connectivity index (χ2v) is 7.34. The minimum atomic E-state index is 0.617. The molecule has 4 rings (SSSR count). The molecule has 30 heavy (non-hydrogen) atoms. The zero-order chi connectivity index (χ0) is 20.9. The van der Waals surface area contributed by atoms with Crippen LogP contribution in [0.5, 0.6) is 0 Å². The first-order valence-electron chi connectivity index (χ1n) is 9.79. The minimum Gasteiger partial charge on any atom is -0.399 e. The third-order valence-electron chi connectivity index (χ3n) is 4.80. The lowest BCUT2D eigenvalue weighted by atomic mass is 10.1. The van der Waals surface area contributed by atoms with Crippen molar-refractivity contribution in [1.29, 1.82) is 0 Å². The lowest BCUT2D eigenvalue weighted by molar-refractivity contribution is 0.797. The van der Waals surface area contributed by atoms with E-state index in [1.54, 1.807) is 0 Å². The summed E-state index contributed by atoms with van der Waals surface area (Å²) in [5.74, 6) is 2.22. The summed E-state index contributed by atoms with van der Waals surface area (Å²) in [4.78, 5) is 14.2. The van der Waals surface area contributed by atoms with Gasteiger partial charge in [-0.1, -0.05) is 36.4 Å². The van der Waals surface area contributed by atoms with Crippen molar-refractivity contribution in [3.05, 3.63) is 107 Å². The van der Waals surface area contributed by atoms with E-state index < -0.39 is 0 Å². The molecule has 0 amide bonds. The Labute approximate surface area is 175 Å². The maximum atomic E-state index is 5.80. The van der Waals surface area contributed by atoms with Crippen LogP contribution in [0.2, 0.25) is 0 Å². The van der Waals surface area contributed by atoms with E-state index in [4.69, 9.17) is 32.2 Å². The molecule has 6 heteroatoms. The summed E-state index contributed by atoms with van der Waals surface area (Å²) in [5, 5.41) is 0. The summed E-state index contributed by atoms with van der Waals surface area (Å²) in [7, 11) is 0. The molecule has 0 bridgehead atoms. The van der Waals surface area contributed by atoms with Gasteiger partial charge in [0.1, 0.15) is 17.5 Å². The van der Waals surface area contributed by atoms with Gasteiger partial charge >= 0.3 is 0 Å². The zero-order valence-electron chi connectivity index (χ0n) is 16.6. The van der Waals surface area contributed by atoms with Gasteiger partial charge in [-0.2, -0.15) is 0 Å². The molecule has 0 atom stereocenters. The normalized spacial score (nSPS) is 10.8. The van der Waals surface area contributed by atoms with Gasteiger partial charge in [0.05, 0.1) is 0 Å². The number of rotatable bonds is 6. The van der Waals surface area contributed by atoms with Crippen LogP contribution in [-0.2, 0) is 19.3 Å². The van der Waals surface area contributed by atoms with Gasteiger partial charge in [-0.15, -0.1) is 0 Å². The van der Waals surface area contributed by atoms with Gasteiger partial charge in [-0.3, -0.25) is 0 Å². The van der Waals surface area contributed by atoms with E-state index in [1.807, 2.05) is 72.8 Å². The maximum Gasteiger partial charge on any atom is 0.137 e. The molecule has 4 aromatic rings. The van der Waals surface area contributed by atoms with Crippen molar-refractivity contribution in [2.45, 2.75) is 19.3 Å². The Hall–Kier alpha value is -3.93. The summed E-state index contributed by atoms with van der Waals surface area (Å²) in [5.41, 5.74) is 22.9. The number of nitrogens with two attached hydrogens (primary N) is 3. The van der Waals surface area contributed by atoms with E-state index >= 15 is 0 Å². The third kappa shape index (κ3) is 5.11. The molecule has 3 aromatic carbocycles. The first kappa shape index (κ1) is 19.4. The molecule has 0 aliphatic heterocycles. The highest BCUT2D eigenvalue weighted by Gasteiger charge is 2.10. The summed E-state index contributed by atoms with van der Waals surface area (Å²) in [6.45, 7) is 0. The van der Waals surface area contributed by atoms with Crippen molar-refractivity contribution >= 4 is 17.1 Å². The summed E-state index contributed by atoms with van der Waals surface area (Å²) in [6, 6.07) is 23.3. The van der Waals surface area contributed by atoms with Crippen LogP contribution in [0, 0.1) is 0 Å². The van der Waals surface area contributed by atoms with E-state index in [0.717, 1.165) is 51.2 Å². The second kappa shape index (κ2) is 8.61. The quantitative estimate of drug-likeness (QED) is 0.430. The van der Waals surface area contributed by atoms with Gasteiger partial charge in [0.15, 0.2) is 0 Å². The number of aromatic nitrogens is 3. The number of anilines is 3. The van der Waals surface area contributed by atoms with Crippen molar-refractivity contribution < 1.29 is 0 Å². The van der Waals surface area contributed by atoms with E-state index in [9.17, 15) is 0 Å².